The number of aliphatic hydroxyl groups excluding tert-OH is 1. The average Bonchev–Trinajstić information content (AvgIpc) is 2.99. The van der Waals surface area contributed by atoms with E-state index in [1.165, 1.54) is 6.92 Å². The molecule has 0 aliphatic carbocycles. The van der Waals surface area contributed by atoms with E-state index in [0.29, 0.717) is 30.0 Å². The third-order valence-electron chi connectivity index (χ3n) is 6.46. The fourth-order valence-electron chi connectivity index (χ4n) is 4.14. The van der Waals surface area contributed by atoms with Crippen molar-refractivity contribution in [3.05, 3.63) is 60.2 Å². The number of carboxylic acid groups (broad SMARTS) is 1. The zero-order chi connectivity index (χ0) is 32.4. The van der Waals surface area contributed by atoms with Crippen LogP contribution in [0.25, 0.3) is 0 Å². The van der Waals surface area contributed by atoms with Crippen molar-refractivity contribution >= 4 is 17.8 Å². The van der Waals surface area contributed by atoms with Crippen LogP contribution in [0.2, 0.25) is 0 Å². The number of rotatable bonds is 21. The third kappa shape index (κ3) is 13.5. The molecule has 4 atom stereocenters. The number of carboxylic acids is 1. The second kappa shape index (κ2) is 19.3. The Morgan fingerprint density at radius 2 is 1.66 bits per heavy atom. The molecule has 0 radical (unpaired) electrons. The van der Waals surface area contributed by atoms with E-state index in [-0.39, 0.29) is 51.3 Å². The summed E-state index contributed by atoms with van der Waals surface area (Å²) < 4.78 is 21.2. The maximum Gasteiger partial charge on any atom is 0.364 e. The summed E-state index contributed by atoms with van der Waals surface area (Å²) in [6, 6.07) is 15.1. The van der Waals surface area contributed by atoms with Gasteiger partial charge in [-0.05, 0) is 49.1 Å². The van der Waals surface area contributed by atoms with Gasteiger partial charge in [0.15, 0.2) is 0 Å². The number of terminal acetylenes is 1. The first-order valence-corrected chi connectivity index (χ1v) is 14.3. The maximum absolute atomic E-state index is 12.8. The molecule has 1 unspecified atom stereocenters. The van der Waals surface area contributed by atoms with Crippen LogP contribution in [0, 0.1) is 18.3 Å². The van der Waals surface area contributed by atoms with Gasteiger partial charge in [0.25, 0.3) is 11.7 Å². The third-order valence-corrected chi connectivity index (χ3v) is 6.46. The normalized spacial score (nSPS) is 14.3. The van der Waals surface area contributed by atoms with Crippen LogP contribution in [0.5, 0.6) is 11.5 Å². The quantitative estimate of drug-likeness (QED) is 0.0798. The molecule has 2 aromatic rings. The highest BCUT2D eigenvalue weighted by Crippen LogP contribution is 2.23. The van der Waals surface area contributed by atoms with E-state index in [0.717, 1.165) is 0 Å². The monoisotopic (exact) mass is 614 g/mol. The number of para-hydroxylation sites is 1. The number of nitrogens with one attached hydrogen (secondary N) is 2. The smallest absolute Gasteiger partial charge is 0.364 e. The first-order chi connectivity index (χ1) is 21.0. The Hall–Kier alpha value is -3.99. The molecule has 0 aromatic heterocycles. The zero-order valence-corrected chi connectivity index (χ0v) is 25.1. The molecule has 12 heteroatoms. The van der Waals surface area contributed by atoms with Crippen molar-refractivity contribution in [2.75, 3.05) is 39.6 Å². The van der Waals surface area contributed by atoms with Crippen LogP contribution in [0.4, 0.5) is 0 Å². The van der Waals surface area contributed by atoms with Crippen molar-refractivity contribution in [3.8, 4) is 23.8 Å². The number of amides is 2. The van der Waals surface area contributed by atoms with Crippen molar-refractivity contribution in [1.82, 2.24) is 10.6 Å². The number of hydrogen-bond acceptors (Lipinski definition) is 9. The first kappa shape index (κ1) is 36.2. The predicted octanol–water partition coefficient (Wildman–Crippen LogP) is 2.34. The Labute approximate surface area is 257 Å². The molecular weight excluding hydrogens is 572 g/mol. The van der Waals surface area contributed by atoms with Gasteiger partial charge in [0.2, 0.25) is 5.91 Å². The standard InChI is InChI=1S/C32H42N2O10/c1-4-15-41-16-17-42-18-19-43-32(40,31(38)39)21-29(36)28(34-24(3)35)14-13-23(2)22-33-30(37)25-9-8-12-27(20-25)44-26-10-6-5-7-11-26/h1,5-12,20,23,28-29,36,40H,13-19,21-22H2,2-3H3,(H,33,37)(H,34,35)(H,38,39)/t23?,28-,29-,32+/m0/s1. The first-order valence-electron chi connectivity index (χ1n) is 14.3. The summed E-state index contributed by atoms with van der Waals surface area (Å²) in [6.45, 7) is 3.73. The number of aliphatic hydroxyl groups is 2. The van der Waals surface area contributed by atoms with Crippen LogP contribution < -0.4 is 15.4 Å². The molecule has 12 nitrogen and oxygen atoms in total. The summed E-state index contributed by atoms with van der Waals surface area (Å²) >= 11 is 0. The van der Waals surface area contributed by atoms with Crippen molar-refractivity contribution < 1.29 is 48.7 Å². The van der Waals surface area contributed by atoms with E-state index < -0.39 is 36.2 Å². The minimum Gasteiger partial charge on any atom is -0.477 e. The molecule has 240 valence electrons. The number of carbonyl (C=O) groups is 3. The molecule has 0 spiro atoms. The second-order valence-electron chi connectivity index (χ2n) is 10.2. The molecule has 2 amide bonds. The van der Waals surface area contributed by atoms with E-state index in [4.69, 9.17) is 25.4 Å². The minimum absolute atomic E-state index is 0.0339. The predicted molar refractivity (Wildman–Crippen MR) is 161 cm³/mol. The number of aliphatic carboxylic acids is 1. The van der Waals surface area contributed by atoms with E-state index in [1.807, 2.05) is 37.3 Å². The second-order valence-corrected chi connectivity index (χ2v) is 10.2. The van der Waals surface area contributed by atoms with E-state index in [1.54, 1.807) is 24.3 Å². The Bertz CT molecular complexity index is 1220. The summed E-state index contributed by atoms with van der Waals surface area (Å²) in [5.74, 6) is -1.72. The molecule has 2 rings (SSSR count). The number of benzene rings is 2. The van der Waals surface area contributed by atoms with Gasteiger partial charge in [-0.15, -0.1) is 6.42 Å². The van der Waals surface area contributed by atoms with Gasteiger partial charge >= 0.3 is 5.97 Å². The Kier molecular flexibility index (Phi) is 15.9. The Morgan fingerprint density at radius 3 is 2.34 bits per heavy atom. The fraction of sp³-hybridized carbons (Fsp3) is 0.469. The van der Waals surface area contributed by atoms with Crippen LogP contribution in [-0.4, -0.2) is 90.6 Å². The van der Waals surface area contributed by atoms with Gasteiger partial charge in [-0.1, -0.05) is 37.1 Å². The van der Waals surface area contributed by atoms with Gasteiger partial charge in [-0.2, -0.15) is 0 Å². The Morgan fingerprint density at radius 1 is 0.977 bits per heavy atom. The van der Waals surface area contributed by atoms with Gasteiger partial charge in [0.05, 0.1) is 38.6 Å². The highest BCUT2D eigenvalue weighted by Gasteiger charge is 2.41. The summed E-state index contributed by atoms with van der Waals surface area (Å²) in [6.07, 6.45) is 3.62. The zero-order valence-electron chi connectivity index (χ0n) is 25.1. The lowest BCUT2D eigenvalue weighted by molar-refractivity contribution is -0.237. The molecule has 0 saturated heterocycles. The van der Waals surface area contributed by atoms with Crippen LogP contribution in [0.15, 0.2) is 54.6 Å². The lowest BCUT2D eigenvalue weighted by Gasteiger charge is -2.31. The van der Waals surface area contributed by atoms with Gasteiger partial charge < -0.3 is 44.9 Å². The lowest BCUT2D eigenvalue weighted by atomic mass is 9.94. The van der Waals surface area contributed by atoms with Gasteiger partial charge in [0.1, 0.15) is 18.1 Å². The number of hydrogen-bond donors (Lipinski definition) is 5. The molecule has 0 aliphatic rings. The minimum atomic E-state index is -2.71. The van der Waals surface area contributed by atoms with Crippen molar-refractivity contribution in [2.45, 2.75) is 51.0 Å². The van der Waals surface area contributed by atoms with E-state index in [9.17, 15) is 29.7 Å². The Balaban J connectivity index is 1.86. The molecule has 0 bridgehead atoms. The maximum atomic E-state index is 12.8. The molecule has 0 fully saturated rings. The summed E-state index contributed by atoms with van der Waals surface area (Å²) in [7, 11) is 0. The average molecular weight is 615 g/mol. The topological polar surface area (TPSA) is 173 Å². The molecule has 0 aliphatic heterocycles. The van der Waals surface area contributed by atoms with E-state index in [2.05, 4.69) is 16.6 Å². The van der Waals surface area contributed by atoms with Crippen LogP contribution in [-0.2, 0) is 23.8 Å². The van der Waals surface area contributed by atoms with Gasteiger partial charge in [0, 0.05) is 25.5 Å². The van der Waals surface area contributed by atoms with Crippen LogP contribution in [0.1, 0.15) is 43.5 Å². The SMILES string of the molecule is C#CCOCCOCCO[C@](O)(C[C@H](O)[C@H](CCC(C)CNC(=O)c1cccc(Oc2ccccc2)c1)NC(C)=O)C(=O)O. The molecule has 0 saturated carbocycles. The summed E-state index contributed by atoms with van der Waals surface area (Å²) in [5.41, 5.74) is 0.424. The molecule has 2 aromatic carbocycles. The summed E-state index contributed by atoms with van der Waals surface area (Å²) in [5, 5.41) is 36.5. The van der Waals surface area contributed by atoms with Gasteiger partial charge in [-0.3, -0.25) is 9.59 Å². The highest BCUT2D eigenvalue weighted by molar-refractivity contribution is 5.94. The van der Waals surface area contributed by atoms with Crippen LogP contribution >= 0.6 is 0 Å². The fourth-order valence-corrected chi connectivity index (χ4v) is 4.14. The van der Waals surface area contributed by atoms with E-state index >= 15 is 0 Å². The molecule has 5 N–H and O–H groups in total. The molecular formula is C32H42N2O10. The highest BCUT2D eigenvalue weighted by atomic mass is 16.7. The van der Waals surface area contributed by atoms with Crippen molar-refractivity contribution in [3.63, 3.8) is 0 Å². The number of ether oxygens (including phenoxy) is 4. The number of carbonyl (C=O) groups excluding carboxylic acids is 2. The molecule has 44 heavy (non-hydrogen) atoms. The molecule has 0 heterocycles. The largest absolute Gasteiger partial charge is 0.477 e. The summed E-state index contributed by atoms with van der Waals surface area (Å²) in [4.78, 5) is 36.4. The van der Waals surface area contributed by atoms with Crippen molar-refractivity contribution in [1.29, 1.82) is 0 Å². The van der Waals surface area contributed by atoms with Crippen LogP contribution in [0.3, 0.4) is 0 Å². The lowest BCUT2D eigenvalue weighted by Crippen LogP contribution is -2.51. The van der Waals surface area contributed by atoms with Crippen molar-refractivity contribution in [2.24, 2.45) is 5.92 Å². The van der Waals surface area contributed by atoms with Gasteiger partial charge in [-0.25, -0.2) is 4.79 Å².